The summed E-state index contributed by atoms with van der Waals surface area (Å²) < 4.78 is 12.6. The van der Waals surface area contributed by atoms with Gasteiger partial charge in [-0.3, -0.25) is 9.59 Å². The van der Waals surface area contributed by atoms with Crippen molar-refractivity contribution < 1.29 is 18.7 Å². The molecule has 0 aliphatic heterocycles. The smallest absolute Gasteiger partial charge is 0.254 e. The maximum Gasteiger partial charge on any atom is 0.254 e. The Morgan fingerprint density at radius 2 is 1.81 bits per heavy atom. The maximum atomic E-state index is 13.3. The molecule has 7 heteroatoms. The van der Waals surface area contributed by atoms with E-state index in [0.29, 0.717) is 37.6 Å². The molecule has 0 saturated heterocycles. The molecule has 3 rings (SSSR count). The van der Waals surface area contributed by atoms with Crippen molar-refractivity contribution in [1.82, 2.24) is 14.4 Å². The molecule has 3 aromatic rings. The van der Waals surface area contributed by atoms with Crippen LogP contribution in [0.5, 0.6) is 0 Å². The number of nitrogens with zero attached hydrogens (tertiary/aromatic N) is 3. The lowest BCUT2D eigenvalue weighted by molar-refractivity contribution is -0.133. The number of amides is 2. The second kappa shape index (κ2) is 10.6. The number of carbonyl (C=O) groups excluding carboxylic acids is 2. The third-order valence-electron chi connectivity index (χ3n) is 5.16. The Morgan fingerprint density at radius 1 is 1.03 bits per heavy atom. The van der Waals surface area contributed by atoms with Gasteiger partial charge in [0, 0.05) is 38.2 Å². The second-order valence-electron chi connectivity index (χ2n) is 7.53. The summed E-state index contributed by atoms with van der Waals surface area (Å²) in [5.41, 5.74) is 2.62. The van der Waals surface area contributed by atoms with Gasteiger partial charge in [-0.2, -0.15) is 0 Å². The van der Waals surface area contributed by atoms with Gasteiger partial charge in [-0.15, -0.1) is 0 Å². The number of hydrogen-bond acceptors (Lipinski definition) is 4. The number of ether oxygens (including phenoxy) is 1. The first kappa shape index (κ1) is 22.4. The van der Waals surface area contributed by atoms with Crippen molar-refractivity contribution in [1.29, 1.82) is 0 Å². The van der Waals surface area contributed by atoms with E-state index in [9.17, 15) is 9.59 Å². The standard InChI is InChI=1S/C24H29N3O4/c1-19-8-10-20(11-9-19)24(29)26(13-15-30-3)18-23(28)27(17-22-7-5-14-31-22)16-21-6-4-12-25(21)2/h4-12,14H,13,15-18H2,1-3H3. The fraction of sp³-hybridized carbons (Fsp3) is 0.333. The summed E-state index contributed by atoms with van der Waals surface area (Å²) in [5.74, 6) is 0.340. The van der Waals surface area contributed by atoms with E-state index in [0.717, 1.165) is 11.3 Å². The molecular weight excluding hydrogens is 394 g/mol. The van der Waals surface area contributed by atoms with Crippen LogP contribution in [0.4, 0.5) is 0 Å². The summed E-state index contributed by atoms with van der Waals surface area (Å²) in [6.07, 6.45) is 3.53. The minimum Gasteiger partial charge on any atom is -0.467 e. The van der Waals surface area contributed by atoms with Gasteiger partial charge in [-0.25, -0.2) is 0 Å². The summed E-state index contributed by atoms with van der Waals surface area (Å²) in [5, 5.41) is 0. The zero-order valence-corrected chi connectivity index (χ0v) is 18.3. The third kappa shape index (κ3) is 6.08. The maximum absolute atomic E-state index is 13.3. The Morgan fingerprint density at radius 3 is 2.42 bits per heavy atom. The topological polar surface area (TPSA) is 67.9 Å². The predicted molar refractivity (Wildman–Crippen MR) is 117 cm³/mol. The Bertz CT molecular complexity index is 977. The van der Waals surface area contributed by atoms with E-state index in [4.69, 9.17) is 9.15 Å². The lowest BCUT2D eigenvalue weighted by Crippen LogP contribution is -2.43. The Balaban J connectivity index is 1.78. The molecule has 0 atom stereocenters. The van der Waals surface area contributed by atoms with Crippen LogP contribution < -0.4 is 0 Å². The van der Waals surface area contributed by atoms with Gasteiger partial charge in [-0.05, 0) is 43.3 Å². The highest BCUT2D eigenvalue weighted by Crippen LogP contribution is 2.13. The highest BCUT2D eigenvalue weighted by molar-refractivity contribution is 5.96. The van der Waals surface area contributed by atoms with Crippen LogP contribution in [0.1, 0.15) is 27.4 Å². The molecule has 1 aromatic carbocycles. The summed E-state index contributed by atoms with van der Waals surface area (Å²) >= 11 is 0. The normalized spacial score (nSPS) is 10.8. The zero-order valence-electron chi connectivity index (χ0n) is 18.3. The Labute approximate surface area is 182 Å². The number of benzene rings is 1. The fourth-order valence-corrected chi connectivity index (χ4v) is 3.28. The quantitative estimate of drug-likeness (QED) is 0.502. The van der Waals surface area contributed by atoms with Gasteiger partial charge in [-0.1, -0.05) is 17.7 Å². The summed E-state index contributed by atoms with van der Waals surface area (Å²) in [6.45, 7) is 3.35. The molecule has 0 aliphatic carbocycles. The molecule has 0 radical (unpaired) electrons. The van der Waals surface area contributed by atoms with Crippen LogP contribution >= 0.6 is 0 Å². The molecule has 2 aromatic heterocycles. The van der Waals surface area contributed by atoms with Gasteiger partial charge in [0.25, 0.3) is 5.91 Å². The first-order valence-electron chi connectivity index (χ1n) is 10.2. The molecule has 0 N–H and O–H groups in total. The van der Waals surface area contributed by atoms with Crippen LogP contribution in [0, 0.1) is 6.92 Å². The number of hydrogen-bond donors (Lipinski definition) is 0. The van der Waals surface area contributed by atoms with E-state index >= 15 is 0 Å². The summed E-state index contributed by atoms with van der Waals surface area (Å²) in [6, 6.07) is 14.9. The van der Waals surface area contributed by atoms with Gasteiger partial charge in [0.2, 0.25) is 5.91 Å². The van der Waals surface area contributed by atoms with Crippen LogP contribution in [0.15, 0.2) is 65.4 Å². The monoisotopic (exact) mass is 423 g/mol. The number of rotatable bonds is 10. The molecular formula is C24H29N3O4. The summed E-state index contributed by atoms with van der Waals surface area (Å²) in [4.78, 5) is 29.6. The van der Waals surface area contributed by atoms with Gasteiger partial charge in [0.1, 0.15) is 12.3 Å². The van der Waals surface area contributed by atoms with E-state index in [1.807, 2.05) is 55.1 Å². The SMILES string of the molecule is COCCN(CC(=O)N(Cc1ccco1)Cc1cccn1C)C(=O)c1ccc(C)cc1. The van der Waals surface area contributed by atoms with Crippen LogP contribution in [0.3, 0.4) is 0 Å². The molecule has 0 spiro atoms. The highest BCUT2D eigenvalue weighted by atomic mass is 16.5. The Kier molecular flexibility index (Phi) is 7.67. The Hall–Kier alpha value is -3.32. The molecule has 0 aliphatic rings. The minimum absolute atomic E-state index is 0.0405. The molecule has 0 unspecified atom stereocenters. The number of methoxy groups -OCH3 is 1. The first-order chi connectivity index (χ1) is 15.0. The van der Waals surface area contributed by atoms with Gasteiger partial charge < -0.3 is 23.5 Å². The fourth-order valence-electron chi connectivity index (χ4n) is 3.28. The number of furan rings is 1. The largest absolute Gasteiger partial charge is 0.467 e. The molecule has 2 amide bonds. The van der Waals surface area contributed by atoms with E-state index in [-0.39, 0.29) is 18.4 Å². The van der Waals surface area contributed by atoms with Crippen molar-refractivity contribution in [2.45, 2.75) is 20.0 Å². The average Bonchev–Trinajstić information content (AvgIpc) is 3.42. The van der Waals surface area contributed by atoms with Crippen molar-refractivity contribution in [3.05, 3.63) is 83.6 Å². The lowest BCUT2D eigenvalue weighted by atomic mass is 10.1. The number of aryl methyl sites for hydroxylation is 2. The van der Waals surface area contributed by atoms with Gasteiger partial charge >= 0.3 is 0 Å². The number of carbonyl (C=O) groups is 2. The molecule has 2 heterocycles. The molecule has 7 nitrogen and oxygen atoms in total. The minimum atomic E-state index is -0.192. The van der Waals surface area contributed by atoms with Crippen molar-refractivity contribution in [2.24, 2.45) is 7.05 Å². The van der Waals surface area contributed by atoms with E-state index < -0.39 is 0 Å². The van der Waals surface area contributed by atoms with Gasteiger partial charge in [0.15, 0.2) is 0 Å². The second-order valence-corrected chi connectivity index (χ2v) is 7.53. The van der Waals surface area contributed by atoms with E-state index in [1.165, 1.54) is 4.90 Å². The highest BCUT2D eigenvalue weighted by Gasteiger charge is 2.23. The number of aromatic nitrogens is 1. The third-order valence-corrected chi connectivity index (χ3v) is 5.16. The van der Waals surface area contributed by atoms with Crippen LogP contribution in [-0.4, -0.2) is 53.0 Å². The molecule has 0 fully saturated rings. The summed E-state index contributed by atoms with van der Waals surface area (Å²) in [7, 11) is 3.52. The van der Waals surface area contributed by atoms with E-state index in [1.54, 1.807) is 36.5 Å². The molecule has 0 saturated carbocycles. The van der Waals surface area contributed by atoms with E-state index in [2.05, 4.69) is 0 Å². The van der Waals surface area contributed by atoms with Crippen molar-refractivity contribution >= 4 is 11.8 Å². The van der Waals surface area contributed by atoms with Crippen LogP contribution in [-0.2, 0) is 29.7 Å². The molecule has 31 heavy (non-hydrogen) atoms. The van der Waals surface area contributed by atoms with Crippen molar-refractivity contribution in [2.75, 3.05) is 26.8 Å². The molecule has 164 valence electrons. The first-order valence-corrected chi connectivity index (χ1v) is 10.2. The van der Waals surface area contributed by atoms with Crippen molar-refractivity contribution in [3.63, 3.8) is 0 Å². The van der Waals surface area contributed by atoms with Crippen molar-refractivity contribution in [3.8, 4) is 0 Å². The van der Waals surface area contributed by atoms with Gasteiger partial charge in [0.05, 0.1) is 26.0 Å². The zero-order chi connectivity index (χ0) is 22.2. The molecule has 0 bridgehead atoms. The van der Waals surface area contributed by atoms with Crippen LogP contribution in [0.25, 0.3) is 0 Å². The lowest BCUT2D eigenvalue weighted by Gasteiger charge is -2.27. The van der Waals surface area contributed by atoms with Crippen LogP contribution in [0.2, 0.25) is 0 Å². The average molecular weight is 424 g/mol. The predicted octanol–water partition coefficient (Wildman–Crippen LogP) is 3.24.